The lowest BCUT2D eigenvalue weighted by atomic mass is 10.1. The van der Waals surface area contributed by atoms with E-state index in [0.29, 0.717) is 0 Å². The lowest BCUT2D eigenvalue weighted by Crippen LogP contribution is -2.10. The van der Waals surface area contributed by atoms with Gasteiger partial charge in [0, 0.05) is 0 Å². The van der Waals surface area contributed by atoms with Gasteiger partial charge in [0.2, 0.25) is 0 Å². The molecule has 0 aromatic heterocycles. The molecule has 0 saturated heterocycles. The van der Waals surface area contributed by atoms with E-state index in [1.54, 1.807) is 19.1 Å². The molecule has 0 aromatic carbocycles. The van der Waals surface area contributed by atoms with Crippen molar-refractivity contribution in [1.82, 2.24) is 0 Å². The van der Waals surface area contributed by atoms with Gasteiger partial charge in [-0.2, -0.15) is 0 Å². The lowest BCUT2D eigenvalue weighted by Gasteiger charge is -1.96. The SMILES string of the molecule is CC1(C(=O)O)C=C1. The van der Waals surface area contributed by atoms with Crippen LogP contribution in [-0.2, 0) is 4.79 Å². The van der Waals surface area contributed by atoms with Gasteiger partial charge in [-0.25, -0.2) is 0 Å². The highest BCUT2D eigenvalue weighted by molar-refractivity contribution is 5.83. The quantitative estimate of drug-likeness (QED) is 0.489. The maximum absolute atomic E-state index is 10.0. The van der Waals surface area contributed by atoms with Crippen molar-refractivity contribution in [2.24, 2.45) is 5.41 Å². The molecule has 0 heterocycles. The normalized spacial score (nSPS) is 21.9. The number of hydrogen-bond acceptors (Lipinski definition) is 1. The van der Waals surface area contributed by atoms with Gasteiger partial charge in [-0.15, -0.1) is 0 Å². The Balaban J connectivity index is 2.58. The Hall–Kier alpha value is -0.790. The fraction of sp³-hybridized carbons (Fsp3) is 0.400. The average molecular weight is 98.1 g/mol. The topological polar surface area (TPSA) is 37.3 Å². The van der Waals surface area contributed by atoms with E-state index in [1.807, 2.05) is 0 Å². The second-order valence-electron chi connectivity index (χ2n) is 1.92. The van der Waals surface area contributed by atoms with Gasteiger partial charge in [-0.05, 0) is 6.92 Å². The van der Waals surface area contributed by atoms with Crippen molar-refractivity contribution in [1.29, 1.82) is 0 Å². The van der Waals surface area contributed by atoms with Gasteiger partial charge >= 0.3 is 5.97 Å². The van der Waals surface area contributed by atoms with Crippen molar-refractivity contribution in [3.63, 3.8) is 0 Å². The molecule has 0 atom stereocenters. The third kappa shape index (κ3) is 0.515. The molecule has 0 radical (unpaired) electrons. The molecule has 1 aliphatic rings. The van der Waals surface area contributed by atoms with E-state index in [9.17, 15) is 4.79 Å². The largest absolute Gasteiger partial charge is 0.480 e. The van der Waals surface area contributed by atoms with E-state index >= 15 is 0 Å². The number of carboxylic acids is 1. The van der Waals surface area contributed by atoms with Gasteiger partial charge in [-0.1, -0.05) is 12.2 Å². The molecule has 38 valence electrons. The average Bonchev–Trinajstić information content (AvgIpc) is 2.21. The molecule has 0 saturated carbocycles. The van der Waals surface area contributed by atoms with Crippen molar-refractivity contribution in [2.75, 3.05) is 0 Å². The maximum Gasteiger partial charge on any atom is 0.317 e. The molecule has 2 heteroatoms. The summed E-state index contributed by atoms with van der Waals surface area (Å²) in [5, 5.41) is 8.25. The summed E-state index contributed by atoms with van der Waals surface area (Å²) in [4.78, 5) is 10.0. The smallest absolute Gasteiger partial charge is 0.317 e. The molecule has 1 N–H and O–H groups in total. The van der Waals surface area contributed by atoms with Crippen molar-refractivity contribution in [3.05, 3.63) is 12.2 Å². The van der Waals surface area contributed by atoms with Crippen LogP contribution in [0.2, 0.25) is 0 Å². The molecular weight excluding hydrogens is 92.1 g/mol. The highest BCUT2D eigenvalue weighted by Crippen LogP contribution is 2.33. The summed E-state index contributed by atoms with van der Waals surface area (Å²) in [7, 11) is 0. The first-order valence-electron chi connectivity index (χ1n) is 2.09. The minimum Gasteiger partial charge on any atom is -0.480 e. The summed E-state index contributed by atoms with van der Waals surface area (Å²) in [5.41, 5.74) is -0.583. The zero-order chi connectivity index (χ0) is 5.49. The van der Waals surface area contributed by atoms with Crippen molar-refractivity contribution in [2.45, 2.75) is 6.92 Å². The van der Waals surface area contributed by atoms with E-state index in [-0.39, 0.29) is 0 Å². The van der Waals surface area contributed by atoms with Crippen LogP contribution in [0.1, 0.15) is 6.92 Å². The molecule has 0 amide bonds. The van der Waals surface area contributed by atoms with Gasteiger partial charge in [-0.3, -0.25) is 4.79 Å². The Bertz CT molecular complexity index is 129. The van der Waals surface area contributed by atoms with Gasteiger partial charge in [0.1, 0.15) is 5.41 Å². The molecule has 1 rings (SSSR count). The summed E-state index contributed by atoms with van der Waals surface area (Å²) in [6.07, 6.45) is 3.32. The predicted octanol–water partition coefficient (Wildman–Crippen LogP) is 0.647. The van der Waals surface area contributed by atoms with Gasteiger partial charge in [0.05, 0.1) is 0 Å². The van der Waals surface area contributed by atoms with Gasteiger partial charge in [0.25, 0.3) is 0 Å². The molecule has 0 bridgehead atoms. The molecule has 0 spiro atoms. The maximum atomic E-state index is 10.0. The fourth-order valence-electron chi connectivity index (χ4n) is 0.268. The van der Waals surface area contributed by atoms with Crippen LogP contribution in [0.4, 0.5) is 0 Å². The molecule has 0 aliphatic heterocycles. The van der Waals surface area contributed by atoms with Crippen LogP contribution in [0, 0.1) is 5.41 Å². The second kappa shape index (κ2) is 0.886. The van der Waals surface area contributed by atoms with Crippen molar-refractivity contribution >= 4 is 5.97 Å². The molecule has 1 aliphatic carbocycles. The van der Waals surface area contributed by atoms with E-state index in [0.717, 1.165) is 0 Å². The van der Waals surface area contributed by atoms with Crippen LogP contribution in [0.5, 0.6) is 0 Å². The molecule has 0 unspecified atom stereocenters. The molecule has 7 heavy (non-hydrogen) atoms. The zero-order valence-corrected chi connectivity index (χ0v) is 4.01. The summed E-state index contributed by atoms with van der Waals surface area (Å²) >= 11 is 0. The van der Waals surface area contributed by atoms with Crippen LogP contribution in [0.25, 0.3) is 0 Å². The summed E-state index contributed by atoms with van der Waals surface area (Å²) < 4.78 is 0. The lowest BCUT2D eigenvalue weighted by molar-refractivity contribution is -0.141. The van der Waals surface area contributed by atoms with Gasteiger partial charge < -0.3 is 5.11 Å². The van der Waals surface area contributed by atoms with E-state index in [1.165, 1.54) is 0 Å². The van der Waals surface area contributed by atoms with Crippen molar-refractivity contribution in [3.8, 4) is 0 Å². The minimum atomic E-state index is -0.757. The van der Waals surface area contributed by atoms with Crippen LogP contribution in [0.15, 0.2) is 12.2 Å². The molecule has 0 aromatic rings. The monoisotopic (exact) mass is 98.0 g/mol. The Kier molecular flexibility index (Phi) is 0.553. The van der Waals surface area contributed by atoms with E-state index in [4.69, 9.17) is 5.11 Å². The first-order chi connectivity index (χ1) is 3.15. The number of rotatable bonds is 1. The highest BCUT2D eigenvalue weighted by Gasteiger charge is 2.36. The predicted molar refractivity (Wildman–Crippen MR) is 24.9 cm³/mol. The van der Waals surface area contributed by atoms with E-state index < -0.39 is 11.4 Å². The van der Waals surface area contributed by atoms with E-state index in [2.05, 4.69) is 0 Å². The first kappa shape index (κ1) is 4.37. The number of carbonyl (C=O) groups is 1. The van der Waals surface area contributed by atoms with Crippen LogP contribution in [-0.4, -0.2) is 11.1 Å². The van der Waals surface area contributed by atoms with Crippen LogP contribution < -0.4 is 0 Å². The first-order valence-corrected chi connectivity index (χ1v) is 2.09. The third-order valence-electron chi connectivity index (χ3n) is 1.13. The fourth-order valence-corrected chi connectivity index (χ4v) is 0.268. The minimum absolute atomic E-state index is 0.583. The summed E-state index contributed by atoms with van der Waals surface area (Å²) in [6, 6.07) is 0. The van der Waals surface area contributed by atoms with Gasteiger partial charge in [0.15, 0.2) is 0 Å². The standard InChI is InChI=1S/C5H6O2/c1-5(2-3-5)4(6)7/h2-3H,1H3,(H,6,7). The Morgan fingerprint density at radius 1 is 1.71 bits per heavy atom. The second-order valence-corrected chi connectivity index (χ2v) is 1.92. The number of aliphatic carboxylic acids is 1. The Morgan fingerprint density at radius 3 is 2.14 bits per heavy atom. The summed E-state index contributed by atoms with van der Waals surface area (Å²) in [6.45, 7) is 1.66. The highest BCUT2D eigenvalue weighted by atomic mass is 16.4. The molecule has 2 nitrogen and oxygen atoms in total. The Morgan fingerprint density at radius 2 is 2.14 bits per heavy atom. The third-order valence-corrected chi connectivity index (χ3v) is 1.13. The zero-order valence-electron chi connectivity index (χ0n) is 4.01. The van der Waals surface area contributed by atoms with Crippen LogP contribution >= 0.6 is 0 Å². The van der Waals surface area contributed by atoms with Crippen molar-refractivity contribution < 1.29 is 9.90 Å². The number of carboxylic acid groups (broad SMARTS) is 1. The number of hydrogen-bond donors (Lipinski definition) is 1. The Labute approximate surface area is 41.5 Å². The summed E-state index contributed by atoms with van der Waals surface area (Å²) in [5.74, 6) is -0.757. The molecule has 0 fully saturated rings. The molecular formula is C5H6O2. The van der Waals surface area contributed by atoms with Crippen LogP contribution in [0.3, 0.4) is 0 Å².